The van der Waals surface area contributed by atoms with Gasteiger partial charge in [0, 0.05) is 29.9 Å². The van der Waals surface area contributed by atoms with Crippen LogP contribution in [-0.4, -0.2) is 28.5 Å². The average Bonchev–Trinajstić information content (AvgIpc) is 3.34. The maximum absolute atomic E-state index is 15.5. The van der Waals surface area contributed by atoms with Gasteiger partial charge >= 0.3 is 5.97 Å². The molecule has 1 heterocycles. The largest absolute Gasteiger partial charge is 0.466 e. The summed E-state index contributed by atoms with van der Waals surface area (Å²) >= 11 is 0. The van der Waals surface area contributed by atoms with Crippen molar-refractivity contribution in [1.29, 1.82) is 0 Å². The van der Waals surface area contributed by atoms with Crippen LogP contribution in [0, 0.1) is 11.6 Å². The second-order valence-electron chi connectivity index (χ2n) is 9.22. The van der Waals surface area contributed by atoms with Crippen LogP contribution in [0.4, 0.5) is 14.5 Å². The smallest absolute Gasteiger partial charge is 0.330 e. The van der Waals surface area contributed by atoms with E-state index >= 15 is 4.39 Å². The fourth-order valence-corrected chi connectivity index (χ4v) is 4.44. The monoisotopic (exact) mass is 537 g/mol. The van der Waals surface area contributed by atoms with Crippen molar-refractivity contribution in [2.45, 2.75) is 6.54 Å². The first-order valence-electron chi connectivity index (χ1n) is 12.5. The molecule has 0 aliphatic rings. The SMILES string of the molecule is COC(=O)/C=C/c1cc(F)cc(N(Cc2ccc(-c3ccc4c(c3)ncn4C)cc2F)C(=O)c2ccccc2)c1. The number of benzene rings is 4. The highest BCUT2D eigenvalue weighted by molar-refractivity contribution is 6.06. The van der Waals surface area contributed by atoms with Crippen LogP contribution in [0.3, 0.4) is 0 Å². The van der Waals surface area contributed by atoms with Crippen molar-refractivity contribution in [3.63, 3.8) is 0 Å². The van der Waals surface area contributed by atoms with Crippen molar-refractivity contribution in [2.24, 2.45) is 7.05 Å². The summed E-state index contributed by atoms with van der Waals surface area (Å²) in [6.45, 7) is -0.150. The Morgan fingerprint density at radius 2 is 1.70 bits per heavy atom. The minimum absolute atomic E-state index is 0.150. The van der Waals surface area contributed by atoms with Gasteiger partial charge in [0.05, 0.1) is 31.0 Å². The van der Waals surface area contributed by atoms with Gasteiger partial charge in [-0.25, -0.2) is 18.6 Å². The molecule has 0 aliphatic carbocycles. The Labute approximate surface area is 229 Å². The Morgan fingerprint density at radius 3 is 2.45 bits per heavy atom. The van der Waals surface area contributed by atoms with Gasteiger partial charge < -0.3 is 14.2 Å². The van der Waals surface area contributed by atoms with Crippen LogP contribution in [0.25, 0.3) is 28.2 Å². The summed E-state index contributed by atoms with van der Waals surface area (Å²) in [5.41, 5.74) is 4.40. The summed E-state index contributed by atoms with van der Waals surface area (Å²) in [6.07, 6.45) is 4.26. The predicted molar refractivity (Wildman–Crippen MR) is 151 cm³/mol. The third-order valence-electron chi connectivity index (χ3n) is 6.54. The number of rotatable bonds is 7. The Morgan fingerprint density at radius 1 is 0.950 bits per heavy atom. The highest BCUT2D eigenvalue weighted by Crippen LogP contribution is 2.28. The fraction of sp³-hybridized carbons (Fsp3) is 0.0938. The predicted octanol–water partition coefficient (Wildman–Crippen LogP) is 6.55. The van der Waals surface area contributed by atoms with Crippen LogP contribution in [0.2, 0.25) is 0 Å². The lowest BCUT2D eigenvalue weighted by atomic mass is 10.0. The Kier molecular flexibility index (Phi) is 7.50. The third kappa shape index (κ3) is 5.66. The zero-order valence-corrected chi connectivity index (χ0v) is 21.8. The first-order chi connectivity index (χ1) is 19.3. The van der Waals surface area contributed by atoms with Crippen molar-refractivity contribution in [3.05, 3.63) is 126 Å². The van der Waals surface area contributed by atoms with E-state index in [9.17, 15) is 14.0 Å². The third-order valence-corrected chi connectivity index (χ3v) is 6.54. The van der Waals surface area contributed by atoms with E-state index < -0.39 is 23.5 Å². The average molecular weight is 538 g/mol. The number of nitrogens with zero attached hydrogens (tertiary/aromatic N) is 3. The number of halogens is 2. The summed E-state index contributed by atoms with van der Waals surface area (Å²) in [5.74, 6) is -2.16. The molecule has 0 fully saturated rings. The highest BCUT2D eigenvalue weighted by Gasteiger charge is 2.21. The molecule has 0 atom stereocenters. The number of fused-ring (bicyclic) bond motifs is 1. The lowest BCUT2D eigenvalue weighted by Crippen LogP contribution is -2.31. The molecule has 0 aliphatic heterocycles. The second kappa shape index (κ2) is 11.3. The van der Waals surface area contributed by atoms with E-state index in [2.05, 4.69) is 9.72 Å². The maximum Gasteiger partial charge on any atom is 0.330 e. The van der Waals surface area contributed by atoms with Gasteiger partial charge in [-0.05, 0) is 71.3 Å². The van der Waals surface area contributed by atoms with E-state index in [1.165, 1.54) is 36.3 Å². The van der Waals surface area contributed by atoms with E-state index in [1.807, 2.05) is 29.8 Å². The zero-order valence-electron chi connectivity index (χ0n) is 21.8. The fourth-order valence-electron chi connectivity index (χ4n) is 4.44. The van der Waals surface area contributed by atoms with Crippen molar-refractivity contribution in [1.82, 2.24) is 9.55 Å². The first kappa shape index (κ1) is 26.5. The molecule has 40 heavy (non-hydrogen) atoms. The Bertz CT molecular complexity index is 1750. The number of methoxy groups -OCH3 is 1. The number of aromatic nitrogens is 2. The summed E-state index contributed by atoms with van der Waals surface area (Å²) in [7, 11) is 3.14. The van der Waals surface area contributed by atoms with Gasteiger partial charge in [-0.15, -0.1) is 0 Å². The van der Waals surface area contributed by atoms with E-state index in [4.69, 9.17) is 0 Å². The minimum Gasteiger partial charge on any atom is -0.466 e. The van der Waals surface area contributed by atoms with Gasteiger partial charge in [0.2, 0.25) is 0 Å². The Hall–Kier alpha value is -5.11. The van der Waals surface area contributed by atoms with Gasteiger partial charge in [0.15, 0.2) is 0 Å². The van der Waals surface area contributed by atoms with Crippen LogP contribution in [0.5, 0.6) is 0 Å². The molecule has 4 aromatic carbocycles. The number of ether oxygens (including phenoxy) is 1. The lowest BCUT2D eigenvalue weighted by molar-refractivity contribution is -0.134. The van der Waals surface area contributed by atoms with Crippen molar-refractivity contribution in [3.8, 4) is 11.1 Å². The molecule has 0 unspecified atom stereocenters. The van der Waals surface area contributed by atoms with E-state index in [0.717, 1.165) is 22.7 Å². The standard InChI is InChI=1S/C32H25F2N3O3/c1-36-20-35-29-17-24(11-12-30(29)36)23-9-10-25(28(34)16-23)19-37(32(39)22-6-4-3-5-7-22)27-15-21(14-26(33)18-27)8-13-31(38)40-2/h3-18,20H,19H2,1-2H3/b13-8+. The molecule has 5 rings (SSSR count). The first-order valence-corrected chi connectivity index (χ1v) is 12.5. The molecule has 0 saturated heterocycles. The lowest BCUT2D eigenvalue weighted by Gasteiger charge is -2.24. The molecule has 5 aromatic rings. The highest BCUT2D eigenvalue weighted by atomic mass is 19.1. The molecule has 0 spiro atoms. The molecule has 1 amide bonds. The van der Waals surface area contributed by atoms with Crippen molar-refractivity contribution in [2.75, 3.05) is 12.0 Å². The number of carbonyl (C=O) groups is 2. The van der Waals surface area contributed by atoms with Crippen LogP contribution in [0.15, 0.2) is 97.3 Å². The number of aryl methyl sites for hydroxylation is 1. The summed E-state index contributed by atoms with van der Waals surface area (Å²) < 4.78 is 36.7. The van der Waals surface area contributed by atoms with E-state index in [1.54, 1.807) is 54.9 Å². The minimum atomic E-state index is -0.617. The zero-order chi connectivity index (χ0) is 28.2. The van der Waals surface area contributed by atoms with Gasteiger partial charge in [0.25, 0.3) is 5.91 Å². The maximum atomic E-state index is 15.5. The van der Waals surface area contributed by atoms with E-state index in [0.29, 0.717) is 16.7 Å². The van der Waals surface area contributed by atoms with Gasteiger partial charge in [-0.2, -0.15) is 0 Å². The molecule has 0 N–H and O–H groups in total. The van der Waals surface area contributed by atoms with Gasteiger partial charge in [-0.3, -0.25) is 4.79 Å². The summed E-state index contributed by atoms with van der Waals surface area (Å²) in [4.78, 5) is 30.8. The second-order valence-corrected chi connectivity index (χ2v) is 9.22. The Balaban J connectivity index is 1.51. The quantitative estimate of drug-likeness (QED) is 0.174. The molecule has 8 heteroatoms. The normalized spacial score (nSPS) is 11.2. The van der Waals surface area contributed by atoms with E-state index in [-0.39, 0.29) is 17.8 Å². The topological polar surface area (TPSA) is 64.4 Å². The van der Waals surface area contributed by atoms with Crippen LogP contribution in [0.1, 0.15) is 21.5 Å². The molecule has 1 aromatic heterocycles. The molecule has 6 nitrogen and oxygen atoms in total. The van der Waals surface area contributed by atoms with Crippen LogP contribution in [-0.2, 0) is 23.1 Å². The number of esters is 1. The molecule has 0 saturated carbocycles. The van der Waals surface area contributed by atoms with Crippen LogP contribution < -0.4 is 4.90 Å². The molecule has 0 bridgehead atoms. The van der Waals surface area contributed by atoms with Crippen LogP contribution >= 0.6 is 0 Å². The number of hydrogen-bond acceptors (Lipinski definition) is 4. The van der Waals surface area contributed by atoms with Gasteiger partial charge in [-0.1, -0.05) is 36.4 Å². The summed E-state index contributed by atoms with van der Waals surface area (Å²) in [5, 5.41) is 0. The van der Waals surface area contributed by atoms with Crippen molar-refractivity contribution < 1.29 is 23.1 Å². The molecule has 200 valence electrons. The number of imidazole rings is 1. The summed E-state index contributed by atoms with van der Waals surface area (Å²) in [6, 6.07) is 23.0. The number of hydrogen-bond donors (Lipinski definition) is 0. The van der Waals surface area contributed by atoms with Crippen molar-refractivity contribution >= 4 is 34.7 Å². The number of carbonyl (C=O) groups excluding carboxylic acids is 2. The number of amides is 1. The molecule has 0 radical (unpaired) electrons. The molecular formula is C32H25F2N3O3. The molecular weight excluding hydrogens is 512 g/mol. The van der Waals surface area contributed by atoms with Gasteiger partial charge in [0.1, 0.15) is 11.6 Å². The number of anilines is 1.